The van der Waals surface area contributed by atoms with Gasteiger partial charge in [-0.25, -0.2) is 8.42 Å². The van der Waals surface area contributed by atoms with E-state index in [1.807, 2.05) is 36.4 Å². The van der Waals surface area contributed by atoms with Gasteiger partial charge in [-0.05, 0) is 54.8 Å². The summed E-state index contributed by atoms with van der Waals surface area (Å²) in [4.78, 5) is 0.298. The second-order valence-corrected chi connectivity index (χ2v) is 9.39. The fourth-order valence-electron chi connectivity index (χ4n) is 3.53. The van der Waals surface area contributed by atoms with E-state index in [2.05, 4.69) is 34.6 Å². The van der Waals surface area contributed by atoms with Gasteiger partial charge in [-0.2, -0.15) is 4.31 Å². The zero-order chi connectivity index (χ0) is 21.8. The summed E-state index contributed by atoms with van der Waals surface area (Å²) in [6.07, 6.45) is 0.962. The Bertz CT molecular complexity index is 1160. The zero-order valence-electron chi connectivity index (χ0n) is 17.7. The van der Waals surface area contributed by atoms with Gasteiger partial charge in [-0.3, -0.25) is 0 Å². The molecule has 0 radical (unpaired) electrons. The lowest BCUT2D eigenvalue weighted by Crippen LogP contribution is -2.40. The molecule has 1 saturated heterocycles. The first kappa shape index (κ1) is 21.4. The highest BCUT2D eigenvalue weighted by Crippen LogP contribution is 2.27. The van der Waals surface area contributed by atoms with E-state index in [-0.39, 0.29) is 0 Å². The van der Waals surface area contributed by atoms with Crippen molar-refractivity contribution >= 4 is 21.5 Å². The monoisotopic (exact) mass is 438 g/mol. The number of rotatable bonds is 6. The molecule has 0 unspecified atom stereocenters. The van der Waals surface area contributed by atoms with Crippen molar-refractivity contribution in [3.8, 4) is 11.3 Å². The van der Waals surface area contributed by atoms with Gasteiger partial charge in [0.15, 0.2) is 5.82 Å². The lowest BCUT2D eigenvalue weighted by molar-refractivity contribution is 0.0730. The van der Waals surface area contributed by atoms with Crippen molar-refractivity contribution < 1.29 is 13.2 Å². The lowest BCUT2D eigenvalue weighted by atomic mass is 10.1. The molecule has 8 heteroatoms. The van der Waals surface area contributed by atoms with Crippen LogP contribution >= 0.6 is 0 Å². The molecular formula is C23H26N4O3S. The maximum absolute atomic E-state index is 13.1. The maximum atomic E-state index is 13.1. The van der Waals surface area contributed by atoms with Gasteiger partial charge < -0.3 is 10.1 Å². The number of hydrogen-bond acceptors (Lipinski definition) is 6. The van der Waals surface area contributed by atoms with Gasteiger partial charge in [0.1, 0.15) is 0 Å². The number of morpholine rings is 1. The van der Waals surface area contributed by atoms with Crippen molar-refractivity contribution in [2.24, 2.45) is 0 Å². The van der Waals surface area contributed by atoms with E-state index in [1.54, 1.807) is 13.0 Å². The summed E-state index contributed by atoms with van der Waals surface area (Å²) in [5.74, 6) is 0.630. The molecule has 7 nitrogen and oxygen atoms in total. The number of benzene rings is 2. The van der Waals surface area contributed by atoms with E-state index in [0.717, 1.165) is 12.1 Å². The molecule has 0 saturated carbocycles. The van der Waals surface area contributed by atoms with Gasteiger partial charge in [0.25, 0.3) is 0 Å². The zero-order valence-corrected chi connectivity index (χ0v) is 18.5. The molecule has 31 heavy (non-hydrogen) atoms. The first-order chi connectivity index (χ1) is 15.0. The van der Waals surface area contributed by atoms with E-state index in [0.29, 0.717) is 53.8 Å². The van der Waals surface area contributed by atoms with Crippen LogP contribution < -0.4 is 5.32 Å². The number of aromatic nitrogens is 2. The van der Waals surface area contributed by atoms with Crippen LogP contribution in [0.5, 0.6) is 0 Å². The topological polar surface area (TPSA) is 84.4 Å². The minimum absolute atomic E-state index is 0.298. The molecule has 2 aromatic carbocycles. The summed E-state index contributed by atoms with van der Waals surface area (Å²) < 4.78 is 33.0. The second kappa shape index (κ2) is 9.13. The highest BCUT2D eigenvalue weighted by atomic mass is 32.2. The molecule has 2 heterocycles. The van der Waals surface area contributed by atoms with Crippen LogP contribution in [0.15, 0.2) is 59.5 Å². The van der Waals surface area contributed by atoms with Crippen molar-refractivity contribution in [2.75, 3.05) is 31.6 Å². The van der Waals surface area contributed by atoms with Crippen LogP contribution in [0.25, 0.3) is 11.3 Å². The van der Waals surface area contributed by atoms with Crippen molar-refractivity contribution in [3.63, 3.8) is 0 Å². The van der Waals surface area contributed by atoms with E-state index >= 15 is 0 Å². The first-order valence-corrected chi connectivity index (χ1v) is 11.8. The van der Waals surface area contributed by atoms with Crippen molar-refractivity contribution in [1.82, 2.24) is 14.5 Å². The van der Waals surface area contributed by atoms with Crippen LogP contribution in [0, 0.1) is 6.92 Å². The smallest absolute Gasteiger partial charge is 0.243 e. The molecule has 0 amide bonds. The van der Waals surface area contributed by atoms with Crippen LogP contribution in [0.4, 0.5) is 11.5 Å². The first-order valence-electron chi connectivity index (χ1n) is 10.4. The molecule has 1 aliphatic rings. The molecule has 0 bridgehead atoms. The fourth-order valence-corrected chi connectivity index (χ4v) is 5.19. The van der Waals surface area contributed by atoms with Gasteiger partial charge in [-0.15, -0.1) is 10.2 Å². The Morgan fingerprint density at radius 1 is 1.03 bits per heavy atom. The van der Waals surface area contributed by atoms with Crippen molar-refractivity contribution in [3.05, 3.63) is 65.7 Å². The van der Waals surface area contributed by atoms with E-state index in [4.69, 9.17) is 4.74 Å². The van der Waals surface area contributed by atoms with E-state index in [1.165, 1.54) is 9.87 Å². The number of nitrogens with one attached hydrogen (secondary N) is 1. The van der Waals surface area contributed by atoms with Gasteiger partial charge in [-0.1, -0.05) is 31.2 Å². The average Bonchev–Trinajstić information content (AvgIpc) is 2.80. The Hall–Kier alpha value is -2.81. The molecule has 1 N–H and O–H groups in total. The van der Waals surface area contributed by atoms with Crippen molar-refractivity contribution in [1.29, 1.82) is 0 Å². The third kappa shape index (κ3) is 4.76. The lowest BCUT2D eigenvalue weighted by Gasteiger charge is -2.26. The molecular weight excluding hydrogens is 412 g/mol. The number of anilines is 2. The largest absolute Gasteiger partial charge is 0.379 e. The van der Waals surface area contributed by atoms with Crippen LogP contribution in [-0.4, -0.2) is 49.2 Å². The molecule has 0 atom stereocenters. The summed E-state index contributed by atoms with van der Waals surface area (Å²) in [7, 11) is -3.59. The minimum Gasteiger partial charge on any atom is -0.379 e. The molecule has 0 spiro atoms. The fraction of sp³-hybridized carbons (Fsp3) is 0.304. The summed E-state index contributed by atoms with van der Waals surface area (Å²) in [5.41, 5.74) is 4.23. The summed E-state index contributed by atoms with van der Waals surface area (Å²) in [5, 5.41) is 11.8. The highest BCUT2D eigenvalue weighted by Gasteiger charge is 2.28. The van der Waals surface area contributed by atoms with Crippen LogP contribution in [-0.2, 0) is 21.2 Å². The molecule has 1 fully saturated rings. The standard InChI is InChI=1S/C23H26N4O3S/c1-3-18-5-4-6-20(15-18)24-23-10-9-21(25-26-23)19-8-7-17(2)22(16-19)31(28,29)27-11-13-30-14-12-27/h4-10,15-16H,3,11-14H2,1-2H3,(H,24,26). The third-order valence-corrected chi connectivity index (χ3v) is 7.38. The van der Waals surface area contributed by atoms with Crippen LogP contribution in [0.3, 0.4) is 0 Å². The minimum atomic E-state index is -3.59. The van der Waals surface area contributed by atoms with E-state index < -0.39 is 10.0 Å². The molecule has 4 rings (SSSR count). The van der Waals surface area contributed by atoms with Gasteiger partial charge in [0.2, 0.25) is 10.0 Å². The normalized spacial score (nSPS) is 15.0. The third-order valence-electron chi connectivity index (χ3n) is 5.34. The number of sulfonamides is 1. The number of hydrogen-bond donors (Lipinski definition) is 1. The number of aryl methyl sites for hydroxylation is 2. The Balaban J connectivity index is 1.58. The highest BCUT2D eigenvalue weighted by molar-refractivity contribution is 7.89. The predicted octanol–water partition coefficient (Wildman–Crippen LogP) is 3.78. The Kier molecular flexibility index (Phi) is 6.31. The van der Waals surface area contributed by atoms with Gasteiger partial charge >= 0.3 is 0 Å². The number of nitrogens with zero attached hydrogens (tertiary/aromatic N) is 3. The van der Waals surface area contributed by atoms with Gasteiger partial charge in [0.05, 0.1) is 23.8 Å². The summed E-state index contributed by atoms with van der Waals surface area (Å²) >= 11 is 0. The predicted molar refractivity (Wildman–Crippen MR) is 121 cm³/mol. The summed E-state index contributed by atoms with van der Waals surface area (Å²) in [6, 6.07) is 17.2. The van der Waals surface area contributed by atoms with Crippen molar-refractivity contribution in [2.45, 2.75) is 25.2 Å². The quantitative estimate of drug-likeness (QED) is 0.631. The van der Waals surface area contributed by atoms with E-state index in [9.17, 15) is 8.42 Å². The molecule has 1 aromatic heterocycles. The molecule has 0 aliphatic carbocycles. The van der Waals surface area contributed by atoms with Crippen LogP contribution in [0.1, 0.15) is 18.1 Å². The average molecular weight is 439 g/mol. The molecule has 1 aliphatic heterocycles. The summed E-state index contributed by atoms with van der Waals surface area (Å²) in [6.45, 7) is 5.48. The number of ether oxygens (including phenoxy) is 1. The molecule has 162 valence electrons. The SMILES string of the molecule is CCc1cccc(Nc2ccc(-c3ccc(C)c(S(=O)(=O)N4CCOCC4)c3)nn2)c1. The Morgan fingerprint density at radius 2 is 1.84 bits per heavy atom. The molecule has 3 aromatic rings. The van der Waals surface area contributed by atoms with Gasteiger partial charge in [0, 0.05) is 24.3 Å². The Labute approximate surface area is 183 Å². The Morgan fingerprint density at radius 3 is 2.55 bits per heavy atom. The second-order valence-electron chi connectivity index (χ2n) is 7.48. The van der Waals surface area contributed by atoms with Crippen LogP contribution in [0.2, 0.25) is 0 Å². The maximum Gasteiger partial charge on any atom is 0.243 e.